The summed E-state index contributed by atoms with van der Waals surface area (Å²) in [5, 5.41) is 1.17. The monoisotopic (exact) mass is 270 g/mol. The van der Waals surface area contributed by atoms with Gasteiger partial charge in [0.2, 0.25) is 0 Å². The molecule has 0 aromatic heterocycles. The molecule has 0 aliphatic carbocycles. The topological polar surface area (TPSA) is 67.9 Å². The summed E-state index contributed by atoms with van der Waals surface area (Å²) in [7, 11) is -4.06. The average molecular weight is 271 g/mol. The van der Waals surface area contributed by atoms with Gasteiger partial charge in [-0.15, -0.1) is 13.7 Å². The van der Waals surface area contributed by atoms with E-state index in [1.165, 1.54) is 6.07 Å². The Morgan fingerprint density at radius 2 is 2.07 bits per heavy atom. The van der Waals surface area contributed by atoms with E-state index < -0.39 is 10.4 Å². The van der Waals surface area contributed by atoms with E-state index in [9.17, 15) is 8.42 Å². The summed E-state index contributed by atoms with van der Waals surface area (Å²) in [5.74, 6) is 0. The van der Waals surface area contributed by atoms with Gasteiger partial charge in [0.25, 0.3) is 0 Å². The van der Waals surface area contributed by atoms with E-state index in [-0.39, 0.29) is 15.7 Å². The van der Waals surface area contributed by atoms with Gasteiger partial charge in [-0.05, 0) is 12.1 Å². The van der Waals surface area contributed by atoms with Crippen LogP contribution in [-0.4, -0.2) is 8.42 Å². The molecule has 1 aromatic rings. The van der Waals surface area contributed by atoms with Gasteiger partial charge in [0.15, 0.2) is 0 Å². The second kappa shape index (κ2) is 3.78. The zero-order chi connectivity index (χ0) is 11.1. The number of nitrogens with zero attached hydrogens (tertiary/aromatic N) is 1. The van der Waals surface area contributed by atoms with Crippen LogP contribution in [0.4, 0.5) is 5.69 Å². The van der Waals surface area contributed by atoms with Gasteiger partial charge in [-0.3, -0.25) is 0 Å². The molecule has 2 rings (SSSR count). The number of hydrazine groups is 1. The van der Waals surface area contributed by atoms with Crippen molar-refractivity contribution in [3.63, 3.8) is 0 Å². The van der Waals surface area contributed by atoms with Crippen molar-refractivity contribution in [3.05, 3.63) is 28.2 Å². The summed E-state index contributed by atoms with van der Waals surface area (Å²) < 4.78 is 30.1. The molecule has 9 heteroatoms. The average Bonchev–Trinajstić information content (AvgIpc) is 2.51. The minimum atomic E-state index is -4.06. The summed E-state index contributed by atoms with van der Waals surface area (Å²) in [6, 6.07) is 4.64. The normalized spacial score (nSPS) is 19.5. The van der Waals surface area contributed by atoms with Gasteiger partial charge < -0.3 is 0 Å². The van der Waals surface area contributed by atoms with Gasteiger partial charge >= 0.3 is 10.4 Å². The second-order valence-electron chi connectivity index (χ2n) is 2.52. The predicted molar refractivity (Wildman–Crippen MR) is 53.2 cm³/mol. The minimum absolute atomic E-state index is 0.146. The van der Waals surface area contributed by atoms with E-state index in [0.717, 1.165) is 5.17 Å². The van der Waals surface area contributed by atoms with Crippen LogP contribution in [0.1, 0.15) is 0 Å². The fourth-order valence-electron chi connectivity index (χ4n) is 0.940. The van der Waals surface area contributed by atoms with Gasteiger partial charge in [-0.25, -0.2) is 0 Å². The van der Waals surface area contributed by atoms with Crippen molar-refractivity contribution in [2.45, 2.75) is 0 Å². The summed E-state index contributed by atoms with van der Waals surface area (Å²) in [5.41, 5.74) is 2.24. The maximum absolute atomic E-state index is 10.8. The highest BCUT2D eigenvalue weighted by molar-refractivity contribution is 7.82. The van der Waals surface area contributed by atoms with Gasteiger partial charge in [0.05, 0.1) is 10.0 Å². The van der Waals surface area contributed by atoms with Gasteiger partial charge in [-0.1, -0.05) is 34.9 Å². The molecule has 0 radical (unpaired) electrons. The van der Waals surface area contributed by atoms with Crippen molar-refractivity contribution in [1.29, 1.82) is 0 Å². The Kier molecular flexibility index (Phi) is 2.75. The second-order valence-corrected chi connectivity index (χ2v) is 4.44. The smallest absolute Gasteiger partial charge is 0.165 e. The molecule has 0 spiro atoms. The van der Waals surface area contributed by atoms with Crippen LogP contribution in [0.3, 0.4) is 0 Å². The molecule has 0 saturated carbocycles. The molecule has 1 N–H and O–H groups in total. The number of nitrogens with one attached hydrogen (secondary N) is 1. The van der Waals surface area contributed by atoms with E-state index in [1.54, 1.807) is 12.1 Å². The number of benzene rings is 1. The first-order valence-corrected chi connectivity index (χ1v) is 5.71. The molecule has 1 fully saturated rings. The van der Waals surface area contributed by atoms with Crippen LogP contribution in [0.5, 0.6) is 0 Å². The van der Waals surface area contributed by atoms with Gasteiger partial charge in [0.1, 0.15) is 5.69 Å². The van der Waals surface area contributed by atoms with Crippen molar-refractivity contribution in [3.8, 4) is 0 Å². The van der Waals surface area contributed by atoms with Gasteiger partial charge in [-0.2, -0.15) is 8.42 Å². The third kappa shape index (κ3) is 2.17. The van der Waals surface area contributed by atoms with Gasteiger partial charge in [0, 0.05) is 0 Å². The van der Waals surface area contributed by atoms with Crippen molar-refractivity contribution in [2.24, 2.45) is 0 Å². The Morgan fingerprint density at radius 1 is 1.33 bits per heavy atom. The Hall–Kier alpha value is -0.570. The summed E-state index contributed by atoms with van der Waals surface area (Å²) in [6.45, 7) is 0. The maximum Gasteiger partial charge on any atom is 0.440 e. The minimum Gasteiger partial charge on any atom is -0.165 e. The molecule has 0 amide bonds. The van der Waals surface area contributed by atoms with E-state index in [1.807, 2.05) is 5.59 Å². The summed E-state index contributed by atoms with van der Waals surface area (Å²) in [6.07, 6.45) is 0. The first-order chi connectivity index (χ1) is 6.99. The highest BCUT2D eigenvalue weighted by Crippen LogP contribution is 2.33. The molecule has 1 aliphatic heterocycles. The van der Waals surface area contributed by atoms with Crippen molar-refractivity contribution in [1.82, 2.24) is 5.59 Å². The van der Waals surface area contributed by atoms with E-state index >= 15 is 0 Å². The first-order valence-electron chi connectivity index (χ1n) is 3.62. The maximum atomic E-state index is 10.8. The highest BCUT2D eigenvalue weighted by atomic mass is 35.5. The van der Waals surface area contributed by atoms with Crippen molar-refractivity contribution < 1.29 is 17.0 Å². The molecule has 82 valence electrons. The number of anilines is 1. The summed E-state index contributed by atoms with van der Waals surface area (Å²) >= 11 is 11.6. The molecule has 0 unspecified atom stereocenters. The number of hydrogen-bond acceptors (Lipinski definition) is 6. The molecule has 0 bridgehead atoms. The summed E-state index contributed by atoms with van der Waals surface area (Å²) in [4.78, 5) is 0. The lowest BCUT2D eigenvalue weighted by Crippen LogP contribution is -2.28. The van der Waals surface area contributed by atoms with E-state index in [0.29, 0.717) is 0 Å². The van der Waals surface area contributed by atoms with Crippen LogP contribution in [-0.2, 0) is 19.0 Å². The fraction of sp³-hybridized carbons (Fsp3) is 0. The van der Waals surface area contributed by atoms with E-state index in [2.05, 4.69) is 8.57 Å². The lowest BCUT2D eigenvalue weighted by Gasteiger charge is -2.12. The van der Waals surface area contributed by atoms with Crippen LogP contribution in [0, 0.1) is 0 Å². The third-order valence-electron chi connectivity index (χ3n) is 1.54. The Balaban J connectivity index is 2.36. The van der Waals surface area contributed by atoms with E-state index in [4.69, 9.17) is 23.2 Å². The Morgan fingerprint density at radius 3 is 2.67 bits per heavy atom. The quantitative estimate of drug-likeness (QED) is 0.833. The van der Waals surface area contributed by atoms with Crippen LogP contribution in [0.2, 0.25) is 10.0 Å². The molecule has 0 atom stereocenters. The van der Waals surface area contributed by atoms with Crippen LogP contribution < -0.4 is 10.8 Å². The zero-order valence-corrected chi connectivity index (χ0v) is 9.30. The fourth-order valence-corrected chi connectivity index (χ4v) is 1.79. The Bertz CT molecular complexity index is 492. The molecule has 1 aliphatic rings. The molecule has 1 saturated heterocycles. The highest BCUT2D eigenvalue weighted by Gasteiger charge is 2.30. The first kappa shape index (κ1) is 10.9. The molecule has 1 aromatic carbocycles. The van der Waals surface area contributed by atoms with Crippen LogP contribution >= 0.6 is 23.2 Å². The lowest BCUT2D eigenvalue weighted by atomic mass is 10.3. The number of rotatable bonds is 1. The lowest BCUT2D eigenvalue weighted by molar-refractivity contribution is 0.198. The van der Waals surface area contributed by atoms with Crippen LogP contribution in [0.15, 0.2) is 18.2 Å². The molecular formula is C6H4Cl2N2O4S. The van der Waals surface area contributed by atoms with Crippen molar-refractivity contribution >= 4 is 39.3 Å². The van der Waals surface area contributed by atoms with Crippen LogP contribution in [0.25, 0.3) is 0 Å². The molecular weight excluding hydrogens is 267 g/mol. The molecule has 6 nitrogen and oxygen atoms in total. The third-order valence-corrected chi connectivity index (χ3v) is 2.96. The van der Waals surface area contributed by atoms with Crippen molar-refractivity contribution in [2.75, 3.05) is 5.17 Å². The Labute approximate surface area is 95.5 Å². The molecule has 15 heavy (non-hydrogen) atoms. The number of hydrogen-bond donors (Lipinski definition) is 1. The standard InChI is InChI=1S/C6H4Cl2N2O4S/c7-4-2-1-3-5(6(4)8)10-9-13-15(11,12)14-10/h1-3,9H. The number of halogens is 2. The zero-order valence-electron chi connectivity index (χ0n) is 6.98. The SMILES string of the molecule is O=S1(=O)ONN(c2cccc(Cl)c2Cl)O1. The predicted octanol–water partition coefficient (Wildman–Crippen LogP) is 1.43. The largest absolute Gasteiger partial charge is 0.440 e. The molecule has 1 heterocycles.